The number of carbonyl (C=O) groups is 1. The normalized spacial score (nSPS) is 11.9. The number of amides is 1. The molecule has 0 aliphatic carbocycles. The monoisotopic (exact) mass is 365 g/mol. The van der Waals surface area contributed by atoms with Crippen molar-refractivity contribution in [3.8, 4) is 0 Å². The van der Waals surface area contributed by atoms with Crippen molar-refractivity contribution >= 4 is 17.1 Å². The Morgan fingerprint density at radius 2 is 1.85 bits per heavy atom. The van der Waals surface area contributed by atoms with E-state index in [1.807, 2.05) is 0 Å². The van der Waals surface area contributed by atoms with Crippen LogP contribution in [0.2, 0.25) is 0 Å². The molecule has 0 unspecified atom stereocenters. The highest BCUT2D eigenvalue weighted by Gasteiger charge is 2.17. The molecule has 0 fully saturated rings. The topological polar surface area (TPSA) is 90.9 Å². The number of aryl methyl sites for hydroxylation is 1. The number of hydrogen-bond acceptors (Lipinski definition) is 4. The fraction of sp³-hybridized carbons (Fsp3) is 0.647. The van der Waals surface area contributed by atoms with Gasteiger partial charge in [-0.1, -0.05) is 0 Å². The number of nitrogens with one attached hydrogen (secondary N) is 1. The van der Waals surface area contributed by atoms with Crippen LogP contribution in [-0.2, 0) is 25.4 Å². The fourth-order valence-corrected chi connectivity index (χ4v) is 2.96. The minimum absolute atomic E-state index is 0.00236. The maximum absolute atomic E-state index is 12.4. The van der Waals surface area contributed by atoms with E-state index in [9.17, 15) is 14.4 Å². The third-order valence-corrected chi connectivity index (χ3v) is 5.25. The van der Waals surface area contributed by atoms with Gasteiger partial charge < -0.3 is 14.4 Å². The molecule has 26 heavy (non-hydrogen) atoms. The maximum Gasteiger partial charge on any atom is 0.332 e. The number of hydrogen-bond donors (Lipinski definition) is 1. The van der Waals surface area contributed by atoms with Crippen LogP contribution in [0, 0.1) is 0 Å². The van der Waals surface area contributed by atoms with Crippen LogP contribution in [0.15, 0.2) is 15.9 Å². The average Bonchev–Trinajstić information content (AvgIpc) is 3.05. The summed E-state index contributed by atoms with van der Waals surface area (Å²) < 4.78 is 4.79. The van der Waals surface area contributed by atoms with E-state index in [1.165, 1.54) is 22.5 Å². The Morgan fingerprint density at radius 3 is 2.46 bits per heavy atom. The molecule has 2 aromatic heterocycles. The second-order valence-corrected chi connectivity index (χ2v) is 6.93. The first-order valence-electron chi connectivity index (χ1n) is 8.95. The highest BCUT2D eigenvalue weighted by atomic mass is 16.2. The first kappa shape index (κ1) is 19.9. The fourth-order valence-electron chi connectivity index (χ4n) is 2.96. The minimum Gasteiger partial charge on any atom is -0.354 e. The van der Waals surface area contributed by atoms with E-state index < -0.39 is 11.2 Å². The van der Waals surface area contributed by atoms with Crippen LogP contribution in [0.3, 0.4) is 0 Å². The summed E-state index contributed by atoms with van der Waals surface area (Å²) >= 11 is 0. The molecule has 1 N–H and O–H groups in total. The van der Waals surface area contributed by atoms with Gasteiger partial charge in [-0.2, -0.15) is 0 Å². The van der Waals surface area contributed by atoms with Crippen molar-refractivity contribution in [2.24, 2.45) is 14.1 Å². The zero-order valence-corrected chi connectivity index (χ0v) is 16.3. The summed E-state index contributed by atoms with van der Waals surface area (Å²) in [6.07, 6.45) is 2.32. The first-order valence-corrected chi connectivity index (χ1v) is 8.95. The summed E-state index contributed by atoms with van der Waals surface area (Å²) in [6.45, 7) is 8.05. The smallest absolute Gasteiger partial charge is 0.332 e. The van der Waals surface area contributed by atoms with E-state index >= 15 is 0 Å². The summed E-state index contributed by atoms with van der Waals surface area (Å²) in [5.41, 5.74) is -0.353. The van der Waals surface area contributed by atoms with E-state index in [2.05, 4.69) is 31.2 Å². The predicted octanol–water partition coefficient (Wildman–Crippen LogP) is -0.574. The molecule has 0 bridgehead atoms. The van der Waals surface area contributed by atoms with Crippen LogP contribution in [0.1, 0.15) is 20.3 Å². The van der Waals surface area contributed by atoms with Crippen LogP contribution in [0.5, 0.6) is 0 Å². The molecule has 0 spiro atoms. The lowest BCUT2D eigenvalue weighted by atomic mass is 10.3. The predicted molar refractivity (Wildman–Crippen MR) is 100.0 cm³/mol. The molecule has 0 atom stereocenters. The quantitative estimate of drug-likeness (QED) is 0.501. The Kier molecular flexibility index (Phi) is 6.01. The van der Waals surface area contributed by atoms with Gasteiger partial charge in [-0.15, -0.1) is 0 Å². The van der Waals surface area contributed by atoms with Gasteiger partial charge in [-0.05, 0) is 13.8 Å². The molecule has 9 heteroatoms. The summed E-state index contributed by atoms with van der Waals surface area (Å²) in [5, 5.41) is 2.89. The number of nitrogens with zero attached hydrogens (tertiary/aromatic N) is 5. The van der Waals surface area contributed by atoms with Crippen molar-refractivity contribution in [3.63, 3.8) is 0 Å². The Balaban J connectivity index is 2.04. The minimum atomic E-state index is -0.452. The lowest BCUT2D eigenvalue weighted by Crippen LogP contribution is -2.45. The molecular weight excluding hydrogens is 336 g/mol. The van der Waals surface area contributed by atoms with E-state index in [4.69, 9.17) is 0 Å². The van der Waals surface area contributed by atoms with Gasteiger partial charge in [0.2, 0.25) is 5.91 Å². The molecule has 0 aliphatic heterocycles. The number of aromatic nitrogens is 4. The first-order chi connectivity index (χ1) is 12.2. The van der Waals surface area contributed by atoms with Crippen LogP contribution in [-0.4, -0.2) is 62.3 Å². The number of fused-ring (bicyclic) bond motifs is 1. The average molecular weight is 365 g/mol. The number of imidazole rings is 1. The van der Waals surface area contributed by atoms with Crippen molar-refractivity contribution in [2.75, 3.05) is 33.2 Å². The van der Waals surface area contributed by atoms with Gasteiger partial charge in [-0.25, -0.2) is 9.78 Å². The van der Waals surface area contributed by atoms with Crippen molar-refractivity contribution in [1.82, 2.24) is 24.0 Å². The third kappa shape index (κ3) is 3.87. The number of carbonyl (C=O) groups excluding carboxylic acids is 1. The molecule has 144 valence electrons. The zero-order valence-electron chi connectivity index (χ0n) is 16.3. The highest BCUT2D eigenvalue weighted by Crippen LogP contribution is 2.05. The lowest BCUT2D eigenvalue weighted by molar-refractivity contribution is -0.906. The van der Waals surface area contributed by atoms with Gasteiger partial charge in [0.15, 0.2) is 11.2 Å². The van der Waals surface area contributed by atoms with Crippen LogP contribution < -0.4 is 16.6 Å². The van der Waals surface area contributed by atoms with Gasteiger partial charge in [0.25, 0.3) is 5.56 Å². The van der Waals surface area contributed by atoms with E-state index in [0.717, 1.165) is 35.1 Å². The summed E-state index contributed by atoms with van der Waals surface area (Å²) in [5.74, 6) is -0.178. The Hall–Kier alpha value is -2.42. The number of rotatable bonds is 8. The third-order valence-electron chi connectivity index (χ3n) is 5.25. The van der Waals surface area contributed by atoms with Crippen molar-refractivity contribution in [3.05, 3.63) is 27.2 Å². The summed E-state index contributed by atoms with van der Waals surface area (Å²) in [4.78, 5) is 40.6. The molecule has 1 amide bonds. The highest BCUT2D eigenvalue weighted by molar-refractivity contribution is 5.78. The van der Waals surface area contributed by atoms with Gasteiger partial charge in [0.1, 0.15) is 6.54 Å². The van der Waals surface area contributed by atoms with Gasteiger partial charge >= 0.3 is 5.69 Å². The Morgan fingerprint density at radius 1 is 1.19 bits per heavy atom. The summed E-state index contributed by atoms with van der Waals surface area (Å²) in [7, 11) is 5.18. The molecule has 0 saturated carbocycles. The van der Waals surface area contributed by atoms with E-state index in [1.54, 1.807) is 7.05 Å². The van der Waals surface area contributed by atoms with Crippen molar-refractivity contribution < 1.29 is 9.28 Å². The summed E-state index contributed by atoms with van der Waals surface area (Å²) in [6, 6.07) is 0. The second kappa shape index (κ2) is 7.86. The Labute approximate surface area is 152 Å². The molecule has 2 heterocycles. The molecule has 0 radical (unpaired) electrons. The molecule has 2 rings (SSSR count). The van der Waals surface area contributed by atoms with Crippen LogP contribution in [0.25, 0.3) is 11.2 Å². The van der Waals surface area contributed by atoms with Crippen LogP contribution in [0.4, 0.5) is 0 Å². The van der Waals surface area contributed by atoms with Gasteiger partial charge in [-0.3, -0.25) is 18.7 Å². The largest absolute Gasteiger partial charge is 0.354 e. The van der Waals surface area contributed by atoms with Gasteiger partial charge in [0, 0.05) is 27.1 Å². The Bertz CT molecular complexity index is 904. The molecule has 0 saturated heterocycles. The molecule has 0 aliphatic rings. The standard InChI is InChI=1S/C17H28N6O3/c1-6-23(5,7-2)10-8-9-18-13(24)11-22-12-19-15-14(22)16(25)21(4)17(26)20(15)3/h12H,6-11H2,1-5H3/p+1. The van der Waals surface area contributed by atoms with E-state index in [-0.39, 0.29) is 23.6 Å². The van der Waals surface area contributed by atoms with Crippen LogP contribution >= 0.6 is 0 Å². The second-order valence-electron chi connectivity index (χ2n) is 6.93. The maximum atomic E-state index is 12.4. The lowest BCUT2D eigenvalue weighted by Gasteiger charge is -2.32. The molecule has 0 aromatic carbocycles. The van der Waals surface area contributed by atoms with E-state index in [0.29, 0.717) is 6.54 Å². The molecule has 9 nitrogen and oxygen atoms in total. The van der Waals surface area contributed by atoms with Gasteiger partial charge in [0.05, 0.1) is 33.0 Å². The molecule has 2 aromatic rings. The SMILES string of the molecule is CC[N+](C)(CC)CCCNC(=O)Cn1cnc2c1c(=O)n(C)c(=O)n2C. The molecular formula is C17H29N6O3+. The zero-order chi connectivity index (χ0) is 19.5. The number of quaternary nitrogens is 1. The van der Waals surface area contributed by atoms with Crippen molar-refractivity contribution in [1.29, 1.82) is 0 Å². The van der Waals surface area contributed by atoms with Crippen molar-refractivity contribution in [2.45, 2.75) is 26.8 Å².